The van der Waals surface area contributed by atoms with Gasteiger partial charge in [0.1, 0.15) is 0 Å². The number of piperidine rings is 2. The van der Waals surface area contributed by atoms with Gasteiger partial charge < -0.3 is 9.80 Å². The zero-order valence-electron chi connectivity index (χ0n) is 13.1. The van der Waals surface area contributed by atoms with E-state index in [0.29, 0.717) is 0 Å². The second-order valence-electron chi connectivity index (χ2n) is 6.58. The Kier molecular flexibility index (Phi) is 7.23. The van der Waals surface area contributed by atoms with Gasteiger partial charge in [-0.05, 0) is 77.7 Å². The fourth-order valence-electron chi connectivity index (χ4n) is 3.86. The van der Waals surface area contributed by atoms with Crippen LogP contribution in [0.1, 0.15) is 71.1 Å². The Labute approximate surface area is 120 Å². The molecule has 0 aromatic carbocycles. The normalized spacial score (nSPS) is 24.5. The zero-order valence-corrected chi connectivity index (χ0v) is 13.1. The zero-order chi connectivity index (χ0) is 13.3. The van der Waals surface area contributed by atoms with Gasteiger partial charge in [-0.1, -0.05) is 26.2 Å². The monoisotopic (exact) mass is 266 g/mol. The molecular weight excluding hydrogens is 232 g/mol. The molecule has 0 aromatic heterocycles. The molecule has 0 bridgehead atoms. The van der Waals surface area contributed by atoms with Crippen LogP contribution in [0.4, 0.5) is 0 Å². The molecule has 2 fully saturated rings. The minimum absolute atomic E-state index is 0.884. The number of likely N-dealkylation sites (tertiary alicyclic amines) is 2. The highest BCUT2D eigenvalue weighted by Crippen LogP contribution is 2.19. The van der Waals surface area contributed by atoms with Crippen molar-refractivity contribution in [1.82, 2.24) is 9.80 Å². The summed E-state index contributed by atoms with van der Waals surface area (Å²) in [6.45, 7) is 9.17. The first-order valence-corrected chi connectivity index (χ1v) is 8.86. The molecule has 19 heavy (non-hydrogen) atoms. The average molecular weight is 266 g/mol. The summed E-state index contributed by atoms with van der Waals surface area (Å²) in [5, 5.41) is 0. The van der Waals surface area contributed by atoms with Crippen molar-refractivity contribution in [3.05, 3.63) is 0 Å². The third-order valence-corrected chi connectivity index (χ3v) is 4.99. The summed E-state index contributed by atoms with van der Waals surface area (Å²) in [5.74, 6) is 0. The van der Waals surface area contributed by atoms with Crippen LogP contribution in [0.25, 0.3) is 0 Å². The Morgan fingerprint density at radius 1 is 0.789 bits per heavy atom. The van der Waals surface area contributed by atoms with Crippen LogP contribution in [0.2, 0.25) is 0 Å². The Balaban J connectivity index is 1.66. The second-order valence-corrected chi connectivity index (χ2v) is 6.58. The highest BCUT2D eigenvalue weighted by molar-refractivity contribution is 4.76. The van der Waals surface area contributed by atoms with Crippen molar-refractivity contribution >= 4 is 0 Å². The molecule has 2 heterocycles. The highest BCUT2D eigenvalue weighted by Gasteiger charge is 2.20. The summed E-state index contributed by atoms with van der Waals surface area (Å²) >= 11 is 0. The molecule has 2 rings (SSSR count). The van der Waals surface area contributed by atoms with Gasteiger partial charge >= 0.3 is 0 Å². The maximum Gasteiger partial charge on any atom is 0.00956 e. The second kappa shape index (κ2) is 8.97. The van der Waals surface area contributed by atoms with E-state index in [4.69, 9.17) is 0 Å². The summed E-state index contributed by atoms with van der Waals surface area (Å²) < 4.78 is 0. The van der Waals surface area contributed by atoms with Crippen molar-refractivity contribution in [3.63, 3.8) is 0 Å². The lowest BCUT2D eigenvalue weighted by Crippen LogP contribution is -2.40. The van der Waals surface area contributed by atoms with Crippen molar-refractivity contribution in [1.29, 1.82) is 0 Å². The molecule has 0 aliphatic carbocycles. The van der Waals surface area contributed by atoms with Crippen molar-refractivity contribution in [2.75, 3.05) is 32.7 Å². The van der Waals surface area contributed by atoms with Crippen LogP contribution in [0.15, 0.2) is 0 Å². The average Bonchev–Trinajstić information content (AvgIpc) is 2.48. The van der Waals surface area contributed by atoms with Crippen molar-refractivity contribution in [2.45, 2.75) is 77.2 Å². The van der Waals surface area contributed by atoms with Crippen LogP contribution in [-0.4, -0.2) is 48.6 Å². The standard InChI is InChI=1S/C17H34N2/c1-2-10-17(19-15-7-4-8-16-19)11-9-14-18-12-5-3-6-13-18/h17H,2-16H2,1H3. The van der Waals surface area contributed by atoms with E-state index in [1.807, 2.05) is 0 Å². The van der Waals surface area contributed by atoms with Crippen LogP contribution in [0, 0.1) is 0 Å². The largest absolute Gasteiger partial charge is 0.303 e. The maximum atomic E-state index is 2.79. The van der Waals surface area contributed by atoms with Crippen LogP contribution in [-0.2, 0) is 0 Å². The molecule has 2 heteroatoms. The quantitative estimate of drug-likeness (QED) is 0.689. The van der Waals surface area contributed by atoms with Gasteiger partial charge in [-0.25, -0.2) is 0 Å². The van der Waals surface area contributed by atoms with Crippen LogP contribution < -0.4 is 0 Å². The topological polar surface area (TPSA) is 6.48 Å². The molecule has 2 saturated heterocycles. The lowest BCUT2D eigenvalue weighted by Gasteiger charge is -2.35. The lowest BCUT2D eigenvalue weighted by atomic mass is 10.0. The lowest BCUT2D eigenvalue weighted by molar-refractivity contribution is 0.138. The molecule has 0 radical (unpaired) electrons. The van der Waals surface area contributed by atoms with Gasteiger partial charge in [0.15, 0.2) is 0 Å². The van der Waals surface area contributed by atoms with Gasteiger partial charge in [-0.15, -0.1) is 0 Å². The van der Waals surface area contributed by atoms with E-state index >= 15 is 0 Å². The molecular formula is C17H34N2. The number of rotatable bonds is 7. The van der Waals surface area contributed by atoms with E-state index in [-0.39, 0.29) is 0 Å². The highest BCUT2D eigenvalue weighted by atomic mass is 15.2. The number of nitrogens with zero attached hydrogens (tertiary/aromatic N) is 2. The van der Waals surface area contributed by atoms with Crippen molar-refractivity contribution in [2.24, 2.45) is 0 Å². The minimum atomic E-state index is 0.884. The Morgan fingerprint density at radius 2 is 1.42 bits per heavy atom. The smallest absolute Gasteiger partial charge is 0.00956 e. The van der Waals surface area contributed by atoms with E-state index in [9.17, 15) is 0 Å². The molecule has 112 valence electrons. The van der Waals surface area contributed by atoms with Crippen molar-refractivity contribution in [3.8, 4) is 0 Å². The van der Waals surface area contributed by atoms with Crippen molar-refractivity contribution < 1.29 is 0 Å². The summed E-state index contributed by atoms with van der Waals surface area (Å²) in [7, 11) is 0. The molecule has 1 atom stereocenters. The van der Waals surface area contributed by atoms with Gasteiger partial charge in [-0.2, -0.15) is 0 Å². The molecule has 2 nitrogen and oxygen atoms in total. The van der Waals surface area contributed by atoms with E-state index < -0.39 is 0 Å². The third-order valence-electron chi connectivity index (χ3n) is 4.99. The van der Waals surface area contributed by atoms with E-state index in [1.54, 1.807) is 0 Å². The first-order chi connectivity index (χ1) is 9.40. The molecule has 2 aliphatic rings. The molecule has 0 aromatic rings. The van der Waals surface area contributed by atoms with E-state index in [0.717, 1.165) is 6.04 Å². The predicted molar refractivity (Wildman–Crippen MR) is 83.6 cm³/mol. The Hall–Kier alpha value is -0.0800. The number of hydrogen-bond acceptors (Lipinski definition) is 2. The predicted octanol–water partition coefficient (Wildman–Crippen LogP) is 3.91. The third kappa shape index (κ3) is 5.43. The van der Waals surface area contributed by atoms with Gasteiger partial charge in [0.05, 0.1) is 0 Å². The van der Waals surface area contributed by atoms with Gasteiger partial charge in [-0.3, -0.25) is 0 Å². The van der Waals surface area contributed by atoms with Gasteiger partial charge in [0.2, 0.25) is 0 Å². The van der Waals surface area contributed by atoms with Crippen LogP contribution in [0.5, 0.6) is 0 Å². The molecule has 0 N–H and O–H groups in total. The summed E-state index contributed by atoms with van der Waals surface area (Å²) in [6, 6.07) is 0.884. The Bertz CT molecular complexity index is 217. The molecule has 0 saturated carbocycles. The van der Waals surface area contributed by atoms with Gasteiger partial charge in [0, 0.05) is 6.04 Å². The van der Waals surface area contributed by atoms with Crippen LogP contribution >= 0.6 is 0 Å². The summed E-state index contributed by atoms with van der Waals surface area (Å²) in [5.41, 5.74) is 0. The maximum absolute atomic E-state index is 2.79. The minimum Gasteiger partial charge on any atom is -0.303 e. The van der Waals surface area contributed by atoms with E-state index in [2.05, 4.69) is 16.7 Å². The SMILES string of the molecule is CCCC(CCCN1CCCCC1)N1CCCCC1. The molecule has 0 spiro atoms. The molecule has 1 unspecified atom stereocenters. The molecule has 2 aliphatic heterocycles. The number of hydrogen-bond donors (Lipinski definition) is 0. The fraction of sp³-hybridized carbons (Fsp3) is 1.00. The summed E-state index contributed by atoms with van der Waals surface area (Å²) in [4.78, 5) is 5.49. The summed E-state index contributed by atoms with van der Waals surface area (Å²) in [6.07, 6.45) is 14.3. The van der Waals surface area contributed by atoms with Crippen LogP contribution in [0.3, 0.4) is 0 Å². The first-order valence-electron chi connectivity index (χ1n) is 8.86. The first kappa shape index (κ1) is 15.3. The van der Waals surface area contributed by atoms with Gasteiger partial charge in [0.25, 0.3) is 0 Å². The fourth-order valence-corrected chi connectivity index (χ4v) is 3.86. The van der Waals surface area contributed by atoms with E-state index in [1.165, 1.54) is 96.9 Å². The Morgan fingerprint density at radius 3 is 2.05 bits per heavy atom. The molecule has 0 amide bonds.